The van der Waals surface area contributed by atoms with Gasteiger partial charge in [-0.05, 0) is 30.0 Å². The number of ketones is 1. The third kappa shape index (κ3) is 3.50. The van der Waals surface area contributed by atoms with Gasteiger partial charge in [0.15, 0.2) is 0 Å². The zero-order valence-electron chi connectivity index (χ0n) is 13.3. The Balaban J connectivity index is 1.80. The van der Waals surface area contributed by atoms with E-state index in [1.807, 2.05) is 43.3 Å². The van der Waals surface area contributed by atoms with Gasteiger partial charge in [0, 0.05) is 30.6 Å². The molecule has 1 atom stereocenters. The predicted molar refractivity (Wildman–Crippen MR) is 88.8 cm³/mol. The monoisotopic (exact) mass is 312 g/mol. The SMILES string of the molecule is C[C@@H](C(=O)C1CCOCC1)c1ccc(-c2ccccc2)c(F)c1. The first kappa shape index (κ1) is 15.9. The summed E-state index contributed by atoms with van der Waals surface area (Å²) in [5.74, 6) is -0.325. The lowest BCUT2D eigenvalue weighted by molar-refractivity contribution is -0.126. The smallest absolute Gasteiger partial charge is 0.143 e. The molecule has 120 valence electrons. The quantitative estimate of drug-likeness (QED) is 0.825. The van der Waals surface area contributed by atoms with E-state index in [0.29, 0.717) is 18.8 Å². The van der Waals surface area contributed by atoms with Crippen LogP contribution < -0.4 is 0 Å². The maximum Gasteiger partial charge on any atom is 0.143 e. The number of hydrogen-bond acceptors (Lipinski definition) is 2. The van der Waals surface area contributed by atoms with Crippen molar-refractivity contribution in [1.29, 1.82) is 0 Å². The molecular weight excluding hydrogens is 291 g/mol. The van der Waals surface area contributed by atoms with E-state index in [9.17, 15) is 9.18 Å². The van der Waals surface area contributed by atoms with Gasteiger partial charge in [-0.3, -0.25) is 4.79 Å². The van der Waals surface area contributed by atoms with Crippen LogP contribution in [-0.4, -0.2) is 19.0 Å². The van der Waals surface area contributed by atoms with Crippen molar-refractivity contribution >= 4 is 5.78 Å². The summed E-state index contributed by atoms with van der Waals surface area (Å²) >= 11 is 0. The third-order valence-electron chi connectivity index (χ3n) is 4.63. The molecule has 0 bridgehead atoms. The highest BCUT2D eigenvalue weighted by Gasteiger charge is 2.27. The van der Waals surface area contributed by atoms with Crippen molar-refractivity contribution in [2.24, 2.45) is 5.92 Å². The number of ether oxygens (including phenoxy) is 1. The van der Waals surface area contributed by atoms with E-state index in [-0.39, 0.29) is 23.4 Å². The molecule has 0 unspecified atom stereocenters. The second-order valence-electron chi connectivity index (χ2n) is 6.12. The number of halogens is 1. The zero-order chi connectivity index (χ0) is 16.2. The van der Waals surface area contributed by atoms with Crippen molar-refractivity contribution in [3.05, 3.63) is 59.9 Å². The fraction of sp³-hybridized carbons (Fsp3) is 0.350. The van der Waals surface area contributed by atoms with E-state index in [1.54, 1.807) is 6.07 Å². The molecule has 0 amide bonds. The number of carbonyl (C=O) groups is 1. The highest BCUT2D eigenvalue weighted by Crippen LogP contribution is 2.29. The van der Waals surface area contributed by atoms with Crippen LogP contribution in [0.5, 0.6) is 0 Å². The van der Waals surface area contributed by atoms with Crippen LogP contribution in [0.2, 0.25) is 0 Å². The molecule has 0 spiro atoms. The number of rotatable bonds is 4. The summed E-state index contributed by atoms with van der Waals surface area (Å²) in [6.07, 6.45) is 1.54. The van der Waals surface area contributed by atoms with Gasteiger partial charge in [-0.25, -0.2) is 4.39 Å². The van der Waals surface area contributed by atoms with Gasteiger partial charge in [-0.1, -0.05) is 49.4 Å². The number of benzene rings is 2. The highest BCUT2D eigenvalue weighted by molar-refractivity contribution is 5.87. The molecular formula is C20H21FO2. The van der Waals surface area contributed by atoms with Crippen LogP contribution in [0.1, 0.15) is 31.2 Å². The Hall–Kier alpha value is -2.00. The molecule has 0 aliphatic carbocycles. The van der Waals surface area contributed by atoms with Crippen molar-refractivity contribution in [3.63, 3.8) is 0 Å². The molecule has 1 heterocycles. The molecule has 3 rings (SSSR count). The molecule has 0 radical (unpaired) electrons. The predicted octanol–water partition coefficient (Wildman–Crippen LogP) is 4.59. The molecule has 1 saturated heterocycles. The molecule has 0 saturated carbocycles. The number of hydrogen-bond donors (Lipinski definition) is 0. The van der Waals surface area contributed by atoms with Crippen molar-refractivity contribution in [2.45, 2.75) is 25.7 Å². The molecule has 2 nitrogen and oxygen atoms in total. The average Bonchev–Trinajstić information content (AvgIpc) is 2.62. The molecule has 0 N–H and O–H groups in total. The van der Waals surface area contributed by atoms with E-state index >= 15 is 0 Å². The van der Waals surface area contributed by atoms with Gasteiger partial charge in [-0.2, -0.15) is 0 Å². The second-order valence-corrected chi connectivity index (χ2v) is 6.12. The number of carbonyl (C=O) groups excluding carboxylic acids is 1. The van der Waals surface area contributed by atoms with E-state index in [2.05, 4.69) is 0 Å². The minimum Gasteiger partial charge on any atom is -0.381 e. The maximum atomic E-state index is 14.5. The zero-order valence-corrected chi connectivity index (χ0v) is 13.3. The topological polar surface area (TPSA) is 26.3 Å². The second kappa shape index (κ2) is 7.05. The minimum atomic E-state index is -0.280. The van der Waals surface area contributed by atoms with Crippen LogP contribution in [0.4, 0.5) is 4.39 Å². The van der Waals surface area contributed by atoms with Crippen LogP contribution in [0, 0.1) is 11.7 Å². The fourth-order valence-electron chi connectivity index (χ4n) is 3.15. The van der Waals surface area contributed by atoms with Gasteiger partial charge in [0.2, 0.25) is 0 Å². The molecule has 2 aromatic carbocycles. The van der Waals surface area contributed by atoms with Gasteiger partial charge >= 0.3 is 0 Å². The maximum absolute atomic E-state index is 14.5. The molecule has 1 aliphatic rings. The Kier molecular flexibility index (Phi) is 4.87. The molecule has 1 aliphatic heterocycles. The lowest BCUT2D eigenvalue weighted by atomic mass is 9.84. The Bertz CT molecular complexity index is 675. The molecule has 23 heavy (non-hydrogen) atoms. The van der Waals surface area contributed by atoms with E-state index < -0.39 is 0 Å². The summed E-state index contributed by atoms with van der Waals surface area (Å²) < 4.78 is 19.8. The van der Waals surface area contributed by atoms with Crippen LogP contribution >= 0.6 is 0 Å². The molecule has 0 aromatic heterocycles. The summed E-state index contributed by atoms with van der Waals surface area (Å²) in [7, 11) is 0. The van der Waals surface area contributed by atoms with Crippen molar-refractivity contribution in [3.8, 4) is 11.1 Å². The number of Topliss-reactive ketones (excluding diaryl/α,β-unsaturated/α-hetero) is 1. The van der Waals surface area contributed by atoms with Gasteiger partial charge < -0.3 is 4.74 Å². The third-order valence-corrected chi connectivity index (χ3v) is 4.63. The summed E-state index contributed by atoms with van der Waals surface area (Å²) in [4.78, 5) is 12.6. The summed E-state index contributed by atoms with van der Waals surface area (Å²) in [5.41, 5.74) is 2.17. The lowest BCUT2D eigenvalue weighted by Gasteiger charge is -2.24. The molecule has 2 aromatic rings. The summed E-state index contributed by atoms with van der Waals surface area (Å²) in [6, 6.07) is 14.6. The van der Waals surface area contributed by atoms with Crippen LogP contribution in [0.25, 0.3) is 11.1 Å². The highest BCUT2D eigenvalue weighted by atomic mass is 19.1. The first-order chi connectivity index (χ1) is 11.2. The molecule has 3 heteroatoms. The van der Waals surface area contributed by atoms with Crippen LogP contribution in [0.15, 0.2) is 48.5 Å². The van der Waals surface area contributed by atoms with E-state index in [4.69, 9.17) is 4.74 Å². The summed E-state index contributed by atoms with van der Waals surface area (Å²) in [6.45, 7) is 3.16. The Labute approximate surface area is 136 Å². The van der Waals surface area contributed by atoms with Crippen molar-refractivity contribution < 1.29 is 13.9 Å². The lowest BCUT2D eigenvalue weighted by Crippen LogP contribution is -2.26. The van der Waals surface area contributed by atoms with Crippen molar-refractivity contribution in [2.75, 3.05) is 13.2 Å². The van der Waals surface area contributed by atoms with Gasteiger partial charge in [0.1, 0.15) is 11.6 Å². The summed E-state index contributed by atoms with van der Waals surface area (Å²) in [5, 5.41) is 0. The van der Waals surface area contributed by atoms with E-state index in [1.165, 1.54) is 6.07 Å². The molecule has 1 fully saturated rings. The Morgan fingerprint density at radius 3 is 2.48 bits per heavy atom. The van der Waals surface area contributed by atoms with Crippen LogP contribution in [0.3, 0.4) is 0 Å². The van der Waals surface area contributed by atoms with Crippen molar-refractivity contribution in [1.82, 2.24) is 0 Å². The first-order valence-corrected chi connectivity index (χ1v) is 8.13. The largest absolute Gasteiger partial charge is 0.381 e. The fourth-order valence-corrected chi connectivity index (χ4v) is 3.15. The van der Waals surface area contributed by atoms with Gasteiger partial charge in [0.05, 0.1) is 0 Å². The average molecular weight is 312 g/mol. The Morgan fingerprint density at radius 2 is 1.83 bits per heavy atom. The standard InChI is InChI=1S/C20H21FO2/c1-14(20(22)16-9-11-23-12-10-16)17-7-8-18(19(21)13-17)15-5-3-2-4-6-15/h2-8,13-14,16H,9-12H2,1H3/t14-/m1/s1. The van der Waals surface area contributed by atoms with Gasteiger partial charge in [0.25, 0.3) is 0 Å². The first-order valence-electron chi connectivity index (χ1n) is 8.13. The van der Waals surface area contributed by atoms with Crippen LogP contribution in [-0.2, 0) is 9.53 Å². The minimum absolute atomic E-state index is 0.0376. The van der Waals surface area contributed by atoms with E-state index in [0.717, 1.165) is 24.0 Å². The van der Waals surface area contributed by atoms with Gasteiger partial charge in [-0.15, -0.1) is 0 Å². The normalized spacial score (nSPS) is 17.0. The Morgan fingerprint density at radius 1 is 1.13 bits per heavy atom.